The number of thioether (sulfide) groups is 1. The highest BCUT2D eigenvalue weighted by Crippen LogP contribution is 2.30. The van der Waals surface area contributed by atoms with Crippen LogP contribution in [0.4, 0.5) is 0 Å². The third kappa shape index (κ3) is 3.80. The number of aromatic nitrogens is 3. The van der Waals surface area contributed by atoms with Gasteiger partial charge in [-0.2, -0.15) is 0 Å². The molecule has 20 heavy (non-hydrogen) atoms. The molecular weight excluding hydrogens is 296 g/mol. The minimum absolute atomic E-state index is 0.0265. The van der Waals surface area contributed by atoms with Crippen LogP contribution in [0, 0.1) is 13.8 Å². The third-order valence-corrected chi connectivity index (χ3v) is 4.28. The van der Waals surface area contributed by atoms with Crippen molar-refractivity contribution in [1.29, 1.82) is 0 Å². The van der Waals surface area contributed by atoms with E-state index in [4.69, 9.17) is 4.42 Å². The quantitative estimate of drug-likeness (QED) is 0.825. The summed E-state index contributed by atoms with van der Waals surface area (Å²) in [6.07, 6.45) is 0.922. The molecule has 2 rings (SSSR count). The number of nitrogens with one attached hydrogen (secondary N) is 1. The lowest BCUT2D eigenvalue weighted by molar-refractivity contribution is -0.118. The molecule has 8 heteroatoms. The predicted octanol–water partition coefficient (Wildman–Crippen LogP) is 2.43. The van der Waals surface area contributed by atoms with E-state index in [-0.39, 0.29) is 11.7 Å². The van der Waals surface area contributed by atoms with E-state index in [1.54, 1.807) is 0 Å². The molecule has 1 amide bonds. The summed E-state index contributed by atoms with van der Waals surface area (Å²) in [6.45, 7) is 6.55. The minimum atomic E-state index is -0.0265. The van der Waals surface area contributed by atoms with Gasteiger partial charge in [0.2, 0.25) is 5.91 Å². The topological polar surface area (TPSA) is 80.9 Å². The van der Waals surface area contributed by atoms with Crippen molar-refractivity contribution in [2.24, 2.45) is 0 Å². The fourth-order valence-corrected chi connectivity index (χ4v) is 2.97. The highest BCUT2D eigenvalue weighted by molar-refractivity contribution is 7.99. The molecule has 2 heterocycles. The number of hydrogen-bond donors (Lipinski definition) is 1. The van der Waals surface area contributed by atoms with Crippen LogP contribution in [0.1, 0.15) is 24.0 Å². The normalized spacial score (nSPS) is 10.8. The average molecular weight is 312 g/mol. The average Bonchev–Trinajstić information content (AvgIpc) is 3.00. The lowest BCUT2D eigenvalue weighted by Gasteiger charge is -2.00. The van der Waals surface area contributed by atoms with Gasteiger partial charge in [-0.25, -0.2) is 4.98 Å². The molecule has 0 saturated carbocycles. The Morgan fingerprint density at radius 3 is 2.85 bits per heavy atom. The summed E-state index contributed by atoms with van der Waals surface area (Å²) >= 11 is 2.76. The van der Waals surface area contributed by atoms with Crippen molar-refractivity contribution in [3.05, 3.63) is 10.7 Å². The van der Waals surface area contributed by atoms with E-state index in [9.17, 15) is 4.79 Å². The second-order valence-corrected chi connectivity index (χ2v) is 6.29. The van der Waals surface area contributed by atoms with Crippen LogP contribution in [0.3, 0.4) is 0 Å². The van der Waals surface area contributed by atoms with Gasteiger partial charge < -0.3 is 9.73 Å². The first-order valence-corrected chi connectivity index (χ1v) is 8.07. The molecule has 108 valence electrons. The van der Waals surface area contributed by atoms with Gasteiger partial charge in [-0.1, -0.05) is 18.7 Å². The Kier molecular flexibility index (Phi) is 5.13. The van der Waals surface area contributed by atoms with E-state index in [1.807, 2.05) is 20.8 Å². The SMILES string of the molecule is CCCNC(=O)CSc1nnc(-c2sc(C)nc2C)o1. The maximum atomic E-state index is 11.5. The Morgan fingerprint density at radius 2 is 2.20 bits per heavy atom. The Bertz CT molecular complexity index is 594. The van der Waals surface area contributed by atoms with Gasteiger partial charge in [-0.15, -0.1) is 21.5 Å². The van der Waals surface area contributed by atoms with E-state index >= 15 is 0 Å². The molecule has 0 saturated heterocycles. The largest absolute Gasteiger partial charge is 0.410 e. The molecule has 2 aromatic heterocycles. The van der Waals surface area contributed by atoms with Gasteiger partial charge >= 0.3 is 0 Å². The molecule has 6 nitrogen and oxygen atoms in total. The van der Waals surface area contributed by atoms with Crippen molar-refractivity contribution in [2.45, 2.75) is 32.4 Å². The number of nitrogens with zero attached hydrogens (tertiary/aromatic N) is 3. The molecular formula is C12H16N4O2S2. The standard InChI is InChI=1S/C12H16N4O2S2/c1-4-5-13-9(17)6-19-12-16-15-11(18-12)10-7(2)14-8(3)20-10/h4-6H2,1-3H3,(H,13,17). The van der Waals surface area contributed by atoms with Crippen LogP contribution >= 0.6 is 23.1 Å². The molecule has 0 aliphatic heterocycles. The van der Waals surface area contributed by atoms with E-state index in [1.165, 1.54) is 23.1 Å². The number of carbonyl (C=O) groups excluding carboxylic acids is 1. The van der Waals surface area contributed by atoms with Gasteiger partial charge in [-0.3, -0.25) is 4.79 Å². The zero-order chi connectivity index (χ0) is 14.5. The number of thiazole rings is 1. The number of amides is 1. The first-order valence-electron chi connectivity index (χ1n) is 6.27. The van der Waals surface area contributed by atoms with Crippen molar-refractivity contribution < 1.29 is 9.21 Å². The third-order valence-electron chi connectivity index (χ3n) is 2.40. The summed E-state index contributed by atoms with van der Waals surface area (Å²) in [5.41, 5.74) is 0.883. The smallest absolute Gasteiger partial charge is 0.277 e. The highest BCUT2D eigenvalue weighted by atomic mass is 32.2. The van der Waals surface area contributed by atoms with Crippen molar-refractivity contribution >= 4 is 29.0 Å². The molecule has 0 spiro atoms. The lowest BCUT2D eigenvalue weighted by atomic mass is 10.4. The molecule has 1 N–H and O–H groups in total. The Balaban J connectivity index is 1.96. The summed E-state index contributed by atoms with van der Waals surface area (Å²) in [4.78, 5) is 16.7. The Hall–Kier alpha value is -1.41. The van der Waals surface area contributed by atoms with Crippen molar-refractivity contribution in [1.82, 2.24) is 20.5 Å². The molecule has 0 fully saturated rings. The Labute approximate surface area is 125 Å². The second kappa shape index (κ2) is 6.85. The molecule has 0 atom stereocenters. The van der Waals surface area contributed by atoms with Crippen LogP contribution in [0.25, 0.3) is 10.8 Å². The van der Waals surface area contributed by atoms with Gasteiger partial charge in [-0.05, 0) is 20.3 Å². The van der Waals surface area contributed by atoms with Gasteiger partial charge in [0.05, 0.1) is 16.5 Å². The van der Waals surface area contributed by atoms with Crippen molar-refractivity contribution in [3.8, 4) is 10.8 Å². The highest BCUT2D eigenvalue weighted by Gasteiger charge is 2.15. The first-order chi connectivity index (χ1) is 9.60. The number of aryl methyl sites for hydroxylation is 2. The van der Waals surface area contributed by atoms with E-state index in [0.717, 1.165) is 22.0 Å². The Morgan fingerprint density at radius 1 is 1.40 bits per heavy atom. The monoisotopic (exact) mass is 312 g/mol. The summed E-state index contributed by atoms with van der Waals surface area (Å²) < 4.78 is 5.55. The maximum Gasteiger partial charge on any atom is 0.277 e. The molecule has 0 aliphatic rings. The molecule has 0 aliphatic carbocycles. The summed E-state index contributed by atoms with van der Waals surface area (Å²) in [5.74, 6) is 0.716. The van der Waals surface area contributed by atoms with Crippen molar-refractivity contribution in [2.75, 3.05) is 12.3 Å². The zero-order valence-electron chi connectivity index (χ0n) is 11.6. The van der Waals surface area contributed by atoms with Crippen LogP contribution in [0.2, 0.25) is 0 Å². The molecule has 0 bridgehead atoms. The van der Waals surface area contributed by atoms with Gasteiger partial charge in [0.1, 0.15) is 4.88 Å². The lowest BCUT2D eigenvalue weighted by Crippen LogP contribution is -2.25. The van der Waals surface area contributed by atoms with Crippen LogP contribution in [-0.2, 0) is 4.79 Å². The summed E-state index contributed by atoms with van der Waals surface area (Å²) in [5, 5.41) is 12.1. The molecule has 0 radical (unpaired) electrons. The van der Waals surface area contributed by atoms with E-state index in [0.29, 0.717) is 17.7 Å². The molecule has 0 aromatic carbocycles. The minimum Gasteiger partial charge on any atom is -0.410 e. The fraction of sp³-hybridized carbons (Fsp3) is 0.500. The molecule has 0 unspecified atom stereocenters. The van der Waals surface area contributed by atoms with Crippen molar-refractivity contribution in [3.63, 3.8) is 0 Å². The number of carbonyl (C=O) groups is 1. The number of hydrogen-bond acceptors (Lipinski definition) is 7. The zero-order valence-corrected chi connectivity index (χ0v) is 13.2. The predicted molar refractivity (Wildman–Crippen MR) is 78.9 cm³/mol. The van der Waals surface area contributed by atoms with Crippen LogP contribution in [-0.4, -0.2) is 33.4 Å². The summed E-state index contributed by atoms with van der Waals surface area (Å²) in [7, 11) is 0. The van der Waals surface area contributed by atoms with Crippen LogP contribution in [0.5, 0.6) is 0 Å². The number of rotatable bonds is 6. The second-order valence-electron chi connectivity index (χ2n) is 4.16. The first kappa shape index (κ1) is 15.0. The van der Waals surface area contributed by atoms with E-state index < -0.39 is 0 Å². The summed E-state index contributed by atoms with van der Waals surface area (Å²) in [6, 6.07) is 0. The fourth-order valence-electron chi connectivity index (χ4n) is 1.53. The van der Waals surface area contributed by atoms with Crippen LogP contribution in [0.15, 0.2) is 9.64 Å². The van der Waals surface area contributed by atoms with E-state index in [2.05, 4.69) is 20.5 Å². The molecule has 2 aromatic rings. The van der Waals surface area contributed by atoms with Crippen LogP contribution < -0.4 is 5.32 Å². The maximum absolute atomic E-state index is 11.5. The van der Waals surface area contributed by atoms with Gasteiger partial charge in [0.25, 0.3) is 11.1 Å². The van der Waals surface area contributed by atoms with Gasteiger partial charge in [0.15, 0.2) is 0 Å². The van der Waals surface area contributed by atoms with Gasteiger partial charge in [0, 0.05) is 6.54 Å².